The van der Waals surface area contributed by atoms with Crippen LogP contribution in [0.5, 0.6) is 0 Å². The van der Waals surface area contributed by atoms with Gasteiger partial charge in [-0.2, -0.15) is 0 Å². The molecule has 0 saturated heterocycles. The van der Waals surface area contributed by atoms with E-state index >= 15 is 0 Å². The number of nitro groups is 1. The first-order valence-corrected chi connectivity index (χ1v) is 7.21. The molecule has 2 aromatic rings. The molecule has 0 aliphatic rings. The first-order valence-electron chi connectivity index (χ1n) is 7.21. The molecular formula is C16H19N4O3+. The molecule has 2 rings (SSSR count). The van der Waals surface area contributed by atoms with Gasteiger partial charge in [0.1, 0.15) is 0 Å². The average molecular weight is 315 g/mol. The Labute approximate surface area is 133 Å². The van der Waals surface area contributed by atoms with Crippen LogP contribution in [0, 0.1) is 17.0 Å². The molecule has 0 saturated carbocycles. The predicted molar refractivity (Wildman–Crippen MR) is 88.5 cm³/mol. The number of rotatable bonds is 6. The molecule has 0 heterocycles. The van der Waals surface area contributed by atoms with Crippen LogP contribution in [0.25, 0.3) is 0 Å². The molecule has 7 heteroatoms. The summed E-state index contributed by atoms with van der Waals surface area (Å²) in [5.74, 6) is -0.397. The lowest BCUT2D eigenvalue weighted by Gasteiger charge is -2.11. The molecule has 0 radical (unpaired) electrons. The molecule has 0 spiro atoms. The number of nitrogens with one attached hydrogen (secondary N) is 2. The molecule has 0 unspecified atom stereocenters. The van der Waals surface area contributed by atoms with Crippen molar-refractivity contribution in [3.8, 4) is 0 Å². The van der Waals surface area contributed by atoms with E-state index in [0.717, 1.165) is 5.56 Å². The highest BCUT2D eigenvalue weighted by Crippen LogP contribution is 2.23. The summed E-state index contributed by atoms with van der Waals surface area (Å²) in [5, 5.41) is 16.8. The number of hydrogen-bond donors (Lipinski definition) is 3. The molecule has 2 aromatic carbocycles. The zero-order valence-electron chi connectivity index (χ0n) is 12.8. The summed E-state index contributed by atoms with van der Waals surface area (Å²) in [6, 6.07) is 11.5. The molecule has 0 bridgehead atoms. The van der Waals surface area contributed by atoms with E-state index in [2.05, 4.69) is 16.4 Å². The van der Waals surface area contributed by atoms with Crippen molar-refractivity contribution < 1.29 is 15.5 Å². The third-order valence-electron chi connectivity index (χ3n) is 3.23. The van der Waals surface area contributed by atoms with E-state index in [4.69, 9.17) is 0 Å². The molecule has 0 aliphatic carbocycles. The van der Waals surface area contributed by atoms with Crippen molar-refractivity contribution in [2.24, 2.45) is 0 Å². The monoisotopic (exact) mass is 315 g/mol. The SMILES string of the molecule is Cc1cccc(NC(=O)c2cc([N+](=O)[O-])ccc2NCC[NH3+])c1. The second-order valence-electron chi connectivity index (χ2n) is 5.09. The van der Waals surface area contributed by atoms with E-state index in [9.17, 15) is 14.9 Å². The highest BCUT2D eigenvalue weighted by atomic mass is 16.6. The van der Waals surface area contributed by atoms with Gasteiger partial charge in [0.15, 0.2) is 0 Å². The number of anilines is 2. The lowest BCUT2D eigenvalue weighted by molar-refractivity contribution is -0.384. The molecule has 7 nitrogen and oxygen atoms in total. The van der Waals surface area contributed by atoms with Gasteiger partial charge in [0, 0.05) is 23.5 Å². The fraction of sp³-hybridized carbons (Fsp3) is 0.188. The van der Waals surface area contributed by atoms with Gasteiger partial charge in [0.2, 0.25) is 0 Å². The molecular weight excluding hydrogens is 296 g/mol. The molecule has 23 heavy (non-hydrogen) atoms. The maximum absolute atomic E-state index is 12.5. The third kappa shape index (κ3) is 4.27. The minimum atomic E-state index is -0.519. The Hall–Kier alpha value is -2.93. The Kier molecular flexibility index (Phi) is 5.27. The van der Waals surface area contributed by atoms with Crippen LogP contribution < -0.4 is 16.4 Å². The standard InChI is InChI=1S/C16H18N4O3/c1-11-3-2-4-12(9-11)19-16(21)14-10-13(20(22)23)5-6-15(14)18-8-7-17/h2-6,9-10,18H,7-8,17H2,1H3,(H,19,21)/p+1. The number of non-ortho nitro benzene ring substituents is 1. The lowest BCUT2D eigenvalue weighted by Crippen LogP contribution is -2.53. The maximum atomic E-state index is 12.5. The van der Waals surface area contributed by atoms with Crippen LogP contribution >= 0.6 is 0 Å². The highest BCUT2D eigenvalue weighted by Gasteiger charge is 2.17. The van der Waals surface area contributed by atoms with Crippen LogP contribution in [0.1, 0.15) is 15.9 Å². The van der Waals surface area contributed by atoms with Gasteiger partial charge in [-0.1, -0.05) is 12.1 Å². The van der Waals surface area contributed by atoms with Crippen LogP contribution in [0.3, 0.4) is 0 Å². The smallest absolute Gasteiger partial charge is 0.270 e. The first-order chi connectivity index (χ1) is 11.0. The van der Waals surface area contributed by atoms with E-state index in [1.165, 1.54) is 12.1 Å². The second kappa shape index (κ2) is 7.37. The number of benzene rings is 2. The third-order valence-corrected chi connectivity index (χ3v) is 3.23. The summed E-state index contributed by atoms with van der Waals surface area (Å²) < 4.78 is 0. The molecule has 0 aliphatic heterocycles. The molecule has 0 fully saturated rings. The summed E-state index contributed by atoms with van der Waals surface area (Å²) >= 11 is 0. The Morgan fingerprint density at radius 1 is 1.26 bits per heavy atom. The fourth-order valence-electron chi connectivity index (χ4n) is 2.13. The second-order valence-corrected chi connectivity index (χ2v) is 5.09. The molecule has 5 N–H and O–H groups in total. The highest BCUT2D eigenvalue weighted by molar-refractivity contribution is 6.08. The first kappa shape index (κ1) is 16.4. The number of nitro benzene ring substituents is 1. The van der Waals surface area contributed by atoms with Gasteiger partial charge in [-0.05, 0) is 30.7 Å². The summed E-state index contributed by atoms with van der Waals surface area (Å²) in [5.41, 5.74) is 6.03. The van der Waals surface area contributed by atoms with Gasteiger partial charge in [-0.3, -0.25) is 14.9 Å². The van der Waals surface area contributed by atoms with Crippen molar-refractivity contribution in [3.63, 3.8) is 0 Å². The van der Waals surface area contributed by atoms with Gasteiger partial charge in [0.25, 0.3) is 11.6 Å². The van der Waals surface area contributed by atoms with Crippen molar-refractivity contribution in [2.45, 2.75) is 6.92 Å². The van der Waals surface area contributed by atoms with Crippen LogP contribution in [0.4, 0.5) is 17.1 Å². The van der Waals surface area contributed by atoms with E-state index in [-0.39, 0.29) is 11.3 Å². The van der Waals surface area contributed by atoms with E-state index in [0.29, 0.717) is 24.5 Å². The number of quaternary nitrogens is 1. The fourth-order valence-corrected chi connectivity index (χ4v) is 2.13. The number of carbonyl (C=O) groups is 1. The number of carbonyl (C=O) groups excluding carboxylic acids is 1. The van der Waals surface area contributed by atoms with E-state index in [1.807, 2.05) is 25.1 Å². The molecule has 120 valence electrons. The number of amides is 1. The van der Waals surface area contributed by atoms with Crippen LogP contribution in [-0.4, -0.2) is 23.9 Å². The van der Waals surface area contributed by atoms with E-state index < -0.39 is 10.8 Å². The van der Waals surface area contributed by atoms with Crippen LogP contribution in [-0.2, 0) is 0 Å². The van der Waals surface area contributed by atoms with Crippen molar-refractivity contribution in [1.29, 1.82) is 0 Å². The number of hydrogen-bond acceptors (Lipinski definition) is 4. The Morgan fingerprint density at radius 2 is 2.04 bits per heavy atom. The lowest BCUT2D eigenvalue weighted by atomic mass is 10.1. The van der Waals surface area contributed by atoms with Gasteiger partial charge >= 0.3 is 0 Å². The molecule has 0 aromatic heterocycles. The summed E-state index contributed by atoms with van der Waals surface area (Å²) in [4.78, 5) is 22.9. The van der Waals surface area contributed by atoms with E-state index in [1.54, 1.807) is 12.1 Å². The normalized spacial score (nSPS) is 10.2. The zero-order valence-corrected chi connectivity index (χ0v) is 12.8. The van der Waals surface area contributed by atoms with Gasteiger partial charge < -0.3 is 16.4 Å². The summed E-state index contributed by atoms with van der Waals surface area (Å²) in [6.07, 6.45) is 0. The number of nitrogens with zero attached hydrogens (tertiary/aromatic N) is 1. The van der Waals surface area contributed by atoms with Crippen molar-refractivity contribution >= 4 is 23.0 Å². The largest absolute Gasteiger partial charge is 0.379 e. The molecule has 1 amide bonds. The Morgan fingerprint density at radius 3 is 2.70 bits per heavy atom. The molecule has 0 atom stereocenters. The van der Waals surface area contributed by atoms with Crippen molar-refractivity contribution in [3.05, 3.63) is 63.7 Å². The van der Waals surface area contributed by atoms with Crippen molar-refractivity contribution in [1.82, 2.24) is 0 Å². The minimum absolute atomic E-state index is 0.125. The summed E-state index contributed by atoms with van der Waals surface area (Å²) in [7, 11) is 0. The zero-order chi connectivity index (χ0) is 16.8. The summed E-state index contributed by atoms with van der Waals surface area (Å²) in [6.45, 7) is 3.13. The van der Waals surface area contributed by atoms with Crippen molar-refractivity contribution in [2.75, 3.05) is 23.7 Å². The average Bonchev–Trinajstić information content (AvgIpc) is 2.52. The quantitative estimate of drug-likeness (QED) is 0.557. The van der Waals surface area contributed by atoms with Crippen LogP contribution in [0.2, 0.25) is 0 Å². The minimum Gasteiger partial charge on any atom is -0.379 e. The van der Waals surface area contributed by atoms with Gasteiger partial charge in [-0.25, -0.2) is 0 Å². The van der Waals surface area contributed by atoms with Gasteiger partial charge in [-0.15, -0.1) is 0 Å². The predicted octanol–water partition coefficient (Wildman–Crippen LogP) is 1.81. The topological polar surface area (TPSA) is 112 Å². The maximum Gasteiger partial charge on any atom is 0.270 e. The van der Waals surface area contributed by atoms with Gasteiger partial charge in [0.05, 0.1) is 23.6 Å². The Bertz CT molecular complexity index is 731. The number of aryl methyl sites for hydroxylation is 1. The Balaban J connectivity index is 2.31. The van der Waals surface area contributed by atoms with Crippen LogP contribution in [0.15, 0.2) is 42.5 Å².